The molecular formula is C18H18ClN5O3S. The first kappa shape index (κ1) is 20.0. The Bertz CT molecular complexity index is 995. The molecule has 146 valence electrons. The summed E-state index contributed by atoms with van der Waals surface area (Å²) in [6.45, 7) is 1.96. The number of aromatic nitrogens is 4. The molecule has 0 atom stereocenters. The van der Waals surface area contributed by atoms with Gasteiger partial charge in [-0.05, 0) is 53.2 Å². The highest BCUT2D eigenvalue weighted by atomic mass is 35.5. The third-order valence-electron chi connectivity index (χ3n) is 3.77. The summed E-state index contributed by atoms with van der Waals surface area (Å²) in [5, 5.41) is 15.5. The van der Waals surface area contributed by atoms with Crippen molar-refractivity contribution in [2.24, 2.45) is 0 Å². The van der Waals surface area contributed by atoms with Crippen LogP contribution in [0.2, 0.25) is 5.02 Å². The summed E-state index contributed by atoms with van der Waals surface area (Å²) in [4.78, 5) is 12.4. The van der Waals surface area contributed by atoms with Gasteiger partial charge in [0, 0.05) is 5.02 Å². The highest BCUT2D eigenvalue weighted by Crippen LogP contribution is 2.29. The van der Waals surface area contributed by atoms with Crippen molar-refractivity contribution in [2.45, 2.75) is 12.1 Å². The molecule has 1 aromatic heterocycles. The fourth-order valence-corrected chi connectivity index (χ4v) is 3.34. The average molecular weight is 420 g/mol. The van der Waals surface area contributed by atoms with E-state index in [1.54, 1.807) is 30.0 Å². The summed E-state index contributed by atoms with van der Waals surface area (Å²) >= 11 is 7.20. The van der Waals surface area contributed by atoms with Crippen LogP contribution in [0.5, 0.6) is 11.5 Å². The molecule has 0 aliphatic rings. The first-order chi connectivity index (χ1) is 13.5. The molecule has 8 nitrogen and oxygen atoms in total. The van der Waals surface area contributed by atoms with E-state index in [1.807, 2.05) is 25.1 Å². The molecule has 3 aromatic rings. The lowest BCUT2D eigenvalue weighted by Gasteiger charge is -2.11. The van der Waals surface area contributed by atoms with Crippen LogP contribution in [0.15, 0.2) is 41.6 Å². The molecule has 10 heteroatoms. The molecule has 28 heavy (non-hydrogen) atoms. The van der Waals surface area contributed by atoms with Crippen LogP contribution in [0, 0.1) is 6.92 Å². The van der Waals surface area contributed by atoms with Gasteiger partial charge in [-0.2, -0.15) is 4.68 Å². The smallest absolute Gasteiger partial charge is 0.234 e. The Hall–Kier alpha value is -2.78. The largest absolute Gasteiger partial charge is 0.495 e. The van der Waals surface area contributed by atoms with Gasteiger partial charge in [0.25, 0.3) is 0 Å². The van der Waals surface area contributed by atoms with E-state index in [-0.39, 0.29) is 11.7 Å². The zero-order valence-corrected chi connectivity index (χ0v) is 17.0. The normalized spacial score (nSPS) is 10.6. The third kappa shape index (κ3) is 4.55. The molecule has 0 bridgehead atoms. The molecule has 0 fully saturated rings. The van der Waals surface area contributed by atoms with Crippen molar-refractivity contribution in [3.63, 3.8) is 0 Å². The second kappa shape index (κ2) is 8.94. The number of nitrogens with zero attached hydrogens (tertiary/aromatic N) is 4. The number of anilines is 1. The number of carbonyl (C=O) groups is 1. The van der Waals surface area contributed by atoms with Crippen LogP contribution in [0.3, 0.4) is 0 Å². The van der Waals surface area contributed by atoms with Crippen LogP contribution in [-0.4, -0.2) is 46.1 Å². The monoisotopic (exact) mass is 419 g/mol. The maximum atomic E-state index is 12.4. The molecule has 0 unspecified atom stereocenters. The van der Waals surface area contributed by atoms with Crippen LogP contribution in [0.4, 0.5) is 5.69 Å². The highest BCUT2D eigenvalue weighted by Gasteiger charge is 2.16. The predicted molar refractivity (Wildman–Crippen MR) is 108 cm³/mol. The Balaban J connectivity index is 1.73. The minimum absolute atomic E-state index is 0.101. The van der Waals surface area contributed by atoms with Crippen molar-refractivity contribution in [1.82, 2.24) is 20.2 Å². The summed E-state index contributed by atoms with van der Waals surface area (Å²) in [5.74, 6) is 1.02. The van der Waals surface area contributed by atoms with E-state index in [0.717, 1.165) is 5.56 Å². The van der Waals surface area contributed by atoms with E-state index in [0.29, 0.717) is 33.1 Å². The van der Waals surface area contributed by atoms with E-state index in [1.165, 1.54) is 18.9 Å². The predicted octanol–water partition coefficient (Wildman–Crippen LogP) is 3.37. The zero-order chi connectivity index (χ0) is 20.1. The van der Waals surface area contributed by atoms with Crippen LogP contribution in [0.25, 0.3) is 5.69 Å². The van der Waals surface area contributed by atoms with Crippen molar-refractivity contribution in [3.05, 3.63) is 47.0 Å². The lowest BCUT2D eigenvalue weighted by molar-refractivity contribution is -0.113. The molecule has 2 aromatic carbocycles. The van der Waals surface area contributed by atoms with Crippen molar-refractivity contribution < 1.29 is 14.3 Å². The summed E-state index contributed by atoms with van der Waals surface area (Å²) in [5.41, 5.74) is 2.24. The van der Waals surface area contributed by atoms with Gasteiger partial charge >= 0.3 is 0 Å². The molecule has 0 spiro atoms. The Kier molecular flexibility index (Phi) is 6.37. The Morgan fingerprint density at radius 1 is 1.18 bits per heavy atom. The maximum Gasteiger partial charge on any atom is 0.234 e. The number of amides is 1. The second-order valence-electron chi connectivity index (χ2n) is 5.73. The number of carbonyl (C=O) groups excluding carboxylic acids is 1. The summed E-state index contributed by atoms with van der Waals surface area (Å²) in [6, 6.07) is 10.7. The number of ether oxygens (including phenoxy) is 2. The first-order valence-electron chi connectivity index (χ1n) is 8.21. The van der Waals surface area contributed by atoms with E-state index >= 15 is 0 Å². The Labute approximate surface area is 171 Å². The van der Waals surface area contributed by atoms with Gasteiger partial charge in [-0.25, -0.2) is 0 Å². The molecule has 0 saturated heterocycles. The number of rotatable bonds is 7. The van der Waals surface area contributed by atoms with Gasteiger partial charge in [-0.1, -0.05) is 29.4 Å². The molecule has 0 radical (unpaired) electrons. The first-order valence-corrected chi connectivity index (χ1v) is 9.57. The standard InChI is InChI=1S/C18H18ClN5O3S/c1-11-4-6-16(27-3)14(8-11)24-18(21-22-23-24)28-10-17(25)20-13-9-12(19)5-7-15(13)26-2/h4-9H,10H2,1-3H3,(H,20,25). The summed E-state index contributed by atoms with van der Waals surface area (Å²) in [7, 11) is 3.11. The molecule has 1 N–H and O–H groups in total. The number of thioether (sulfide) groups is 1. The van der Waals surface area contributed by atoms with Crippen molar-refractivity contribution in [2.75, 3.05) is 25.3 Å². The van der Waals surface area contributed by atoms with Gasteiger partial charge in [-0.3, -0.25) is 4.79 Å². The van der Waals surface area contributed by atoms with Gasteiger partial charge in [0.15, 0.2) is 0 Å². The van der Waals surface area contributed by atoms with Gasteiger partial charge in [-0.15, -0.1) is 5.10 Å². The van der Waals surface area contributed by atoms with Crippen LogP contribution in [0.1, 0.15) is 5.56 Å². The number of tetrazole rings is 1. The molecule has 3 rings (SSSR count). The number of nitrogens with one attached hydrogen (secondary N) is 1. The van der Waals surface area contributed by atoms with Gasteiger partial charge in [0.2, 0.25) is 11.1 Å². The fraction of sp³-hybridized carbons (Fsp3) is 0.222. The topological polar surface area (TPSA) is 91.2 Å². The Morgan fingerprint density at radius 2 is 1.93 bits per heavy atom. The zero-order valence-electron chi connectivity index (χ0n) is 15.5. The van der Waals surface area contributed by atoms with E-state index in [9.17, 15) is 4.79 Å². The third-order valence-corrected chi connectivity index (χ3v) is 4.93. The maximum absolute atomic E-state index is 12.4. The number of hydrogen-bond donors (Lipinski definition) is 1. The average Bonchev–Trinajstić information content (AvgIpc) is 3.15. The van der Waals surface area contributed by atoms with Crippen LogP contribution >= 0.6 is 23.4 Å². The highest BCUT2D eigenvalue weighted by molar-refractivity contribution is 7.99. The summed E-state index contributed by atoms with van der Waals surface area (Å²) in [6.07, 6.45) is 0. The second-order valence-corrected chi connectivity index (χ2v) is 7.11. The molecule has 0 saturated carbocycles. The van der Waals surface area contributed by atoms with Gasteiger partial charge in [0.05, 0.1) is 25.7 Å². The van der Waals surface area contributed by atoms with Crippen molar-refractivity contribution in [1.29, 1.82) is 0 Å². The SMILES string of the molecule is COc1ccc(Cl)cc1NC(=O)CSc1nnnn1-c1cc(C)ccc1OC. The van der Waals surface area contributed by atoms with E-state index in [2.05, 4.69) is 20.8 Å². The number of benzene rings is 2. The number of aryl methyl sites for hydroxylation is 1. The van der Waals surface area contributed by atoms with Gasteiger partial charge < -0.3 is 14.8 Å². The molecule has 1 amide bonds. The minimum atomic E-state index is -0.240. The van der Waals surface area contributed by atoms with Crippen molar-refractivity contribution in [3.8, 4) is 17.2 Å². The quantitative estimate of drug-likeness (QED) is 0.587. The number of halogens is 1. The molecule has 1 heterocycles. The summed E-state index contributed by atoms with van der Waals surface area (Å²) < 4.78 is 12.2. The molecule has 0 aliphatic heterocycles. The van der Waals surface area contributed by atoms with E-state index < -0.39 is 0 Å². The fourth-order valence-electron chi connectivity index (χ4n) is 2.48. The lowest BCUT2D eigenvalue weighted by atomic mass is 10.2. The number of hydrogen-bond acceptors (Lipinski definition) is 7. The van der Waals surface area contributed by atoms with Crippen LogP contribution in [-0.2, 0) is 4.79 Å². The van der Waals surface area contributed by atoms with E-state index in [4.69, 9.17) is 21.1 Å². The van der Waals surface area contributed by atoms with Crippen LogP contribution < -0.4 is 14.8 Å². The molecular weight excluding hydrogens is 402 g/mol. The Morgan fingerprint density at radius 3 is 2.68 bits per heavy atom. The molecule has 0 aliphatic carbocycles. The lowest BCUT2D eigenvalue weighted by Crippen LogP contribution is -2.15. The minimum Gasteiger partial charge on any atom is -0.495 e. The van der Waals surface area contributed by atoms with Gasteiger partial charge in [0.1, 0.15) is 17.2 Å². The number of methoxy groups -OCH3 is 2. The van der Waals surface area contributed by atoms with Crippen molar-refractivity contribution >= 4 is 35.0 Å².